The van der Waals surface area contributed by atoms with Crippen LogP contribution in [0.2, 0.25) is 0 Å². The summed E-state index contributed by atoms with van der Waals surface area (Å²) < 4.78 is 0. The van der Waals surface area contributed by atoms with Crippen molar-refractivity contribution >= 4 is 0 Å². The van der Waals surface area contributed by atoms with Gasteiger partial charge in [-0.25, -0.2) is 4.98 Å². The number of nitrogens with one attached hydrogen (secondary N) is 2. The van der Waals surface area contributed by atoms with Crippen molar-refractivity contribution in [3.8, 4) is 11.3 Å². The van der Waals surface area contributed by atoms with Gasteiger partial charge < -0.3 is 10.3 Å². The van der Waals surface area contributed by atoms with E-state index in [1.807, 2.05) is 19.3 Å². The maximum Gasteiger partial charge on any atom is 0.114 e. The fourth-order valence-corrected chi connectivity index (χ4v) is 2.48. The van der Waals surface area contributed by atoms with Gasteiger partial charge in [0.05, 0.1) is 5.69 Å². The van der Waals surface area contributed by atoms with E-state index >= 15 is 0 Å². The van der Waals surface area contributed by atoms with Crippen LogP contribution in [0, 0.1) is 6.92 Å². The van der Waals surface area contributed by atoms with Gasteiger partial charge in [0.2, 0.25) is 0 Å². The van der Waals surface area contributed by atoms with Crippen molar-refractivity contribution in [1.29, 1.82) is 0 Å². The summed E-state index contributed by atoms with van der Waals surface area (Å²) in [4.78, 5) is 12.4. The quantitative estimate of drug-likeness (QED) is 0.862. The van der Waals surface area contributed by atoms with Gasteiger partial charge >= 0.3 is 0 Å². The maximum atomic E-state index is 4.80. The molecular formula is C14H18N4. The number of rotatable bonds is 4. The summed E-state index contributed by atoms with van der Waals surface area (Å²) in [5.41, 5.74) is 3.47. The fourth-order valence-electron chi connectivity index (χ4n) is 2.48. The molecule has 0 aliphatic heterocycles. The van der Waals surface area contributed by atoms with E-state index in [1.165, 1.54) is 12.8 Å². The zero-order valence-corrected chi connectivity index (χ0v) is 10.8. The molecule has 4 nitrogen and oxygen atoms in total. The highest BCUT2D eigenvalue weighted by atomic mass is 15.0. The van der Waals surface area contributed by atoms with Gasteiger partial charge in [0.15, 0.2) is 0 Å². The van der Waals surface area contributed by atoms with E-state index in [0.717, 1.165) is 29.3 Å². The number of imidazole rings is 1. The minimum absolute atomic E-state index is 0.236. The van der Waals surface area contributed by atoms with E-state index in [4.69, 9.17) is 4.98 Å². The molecular weight excluding hydrogens is 224 g/mol. The van der Waals surface area contributed by atoms with E-state index in [1.54, 1.807) is 6.20 Å². The third-order valence-electron chi connectivity index (χ3n) is 3.69. The number of likely N-dealkylation sites (N-methyl/N-ethyl adjacent to an activating group) is 1. The van der Waals surface area contributed by atoms with E-state index in [2.05, 4.69) is 28.3 Å². The molecule has 1 aliphatic carbocycles. The lowest BCUT2D eigenvalue weighted by Gasteiger charge is -2.10. The van der Waals surface area contributed by atoms with E-state index in [0.29, 0.717) is 0 Å². The summed E-state index contributed by atoms with van der Waals surface area (Å²) in [6, 6.07) is 4.00. The van der Waals surface area contributed by atoms with E-state index < -0.39 is 0 Å². The van der Waals surface area contributed by atoms with Crippen molar-refractivity contribution in [3.63, 3.8) is 0 Å². The standard InChI is InChI=1S/C14H18N4/c1-10-12(11-4-3-7-16-8-11)18-13(17-10)14(5-6-14)9-15-2/h3-4,7-8,15H,5-6,9H2,1-2H3,(H,17,18). The average Bonchev–Trinajstić information content (AvgIpc) is 3.06. The van der Waals surface area contributed by atoms with Crippen LogP contribution < -0.4 is 5.32 Å². The Kier molecular flexibility index (Phi) is 2.67. The second-order valence-corrected chi connectivity index (χ2v) is 5.11. The van der Waals surface area contributed by atoms with Crippen LogP contribution in [0.3, 0.4) is 0 Å². The predicted octanol–water partition coefficient (Wildman–Crippen LogP) is 2.03. The molecule has 0 radical (unpaired) electrons. The minimum Gasteiger partial charge on any atom is -0.345 e. The SMILES string of the molecule is CNCC1(c2nc(-c3cccnc3)c(C)[nH]2)CC1. The van der Waals surface area contributed by atoms with Crippen LogP contribution in [0.25, 0.3) is 11.3 Å². The first-order valence-electron chi connectivity index (χ1n) is 6.37. The highest BCUT2D eigenvalue weighted by Crippen LogP contribution is 2.46. The first-order valence-corrected chi connectivity index (χ1v) is 6.37. The van der Waals surface area contributed by atoms with Gasteiger partial charge in [-0.2, -0.15) is 0 Å². The average molecular weight is 242 g/mol. The van der Waals surface area contributed by atoms with Crippen molar-refractivity contribution in [1.82, 2.24) is 20.3 Å². The summed E-state index contributed by atoms with van der Waals surface area (Å²) in [7, 11) is 2.00. The molecule has 18 heavy (non-hydrogen) atoms. The lowest BCUT2D eigenvalue weighted by Crippen LogP contribution is -2.24. The topological polar surface area (TPSA) is 53.6 Å². The summed E-state index contributed by atoms with van der Waals surface area (Å²) >= 11 is 0. The Morgan fingerprint density at radius 3 is 2.89 bits per heavy atom. The van der Waals surface area contributed by atoms with E-state index in [9.17, 15) is 0 Å². The molecule has 2 aromatic heterocycles. The maximum absolute atomic E-state index is 4.80. The zero-order valence-electron chi connectivity index (χ0n) is 10.8. The summed E-state index contributed by atoms with van der Waals surface area (Å²) in [5, 5.41) is 3.27. The molecule has 0 atom stereocenters. The number of nitrogens with zero attached hydrogens (tertiary/aromatic N) is 2. The molecule has 2 heterocycles. The third kappa shape index (κ3) is 1.82. The van der Waals surface area contributed by atoms with Gasteiger partial charge in [-0.05, 0) is 38.9 Å². The third-order valence-corrected chi connectivity index (χ3v) is 3.69. The zero-order chi connectivity index (χ0) is 12.6. The second-order valence-electron chi connectivity index (χ2n) is 5.11. The summed E-state index contributed by atoms with van der Waals surface area (Å²) in [6.45, 7) is 3.07. The predicted molar refractivity (Wildman–Crippen MR) is 71.4 cm³/mol. The molecule has 0 spiro atoms. The molecule has 2 N–H and O–H groups in total. The highest BCUT2D eigenvalue weighted by molar-refractivity contribution is 5.61. The number of aromatic amines is 1. The van der Waals surface area contributed by atoms with Crippen molar-refractivity contribution in [3.05, 3.63) is 36.0 Å². The number of aryl methyl sites for hydroxylation is 1. The van der Waals surface area contributed by atoms with Gasteiger partial charge in [0.25, 0.3) is 0 Å². The van der Waals surface area contributed by atoms with Crippen LogP contribution in [0.1, 0.15) is 24.4 Å². The molecule has 0 saturated heterocycles. The van der Waals surface area contributed by atoms with Crippen molar-refractivity contribution in [2.45, 2.75) is 25.2 Å². The first-order chi connectivity index (χ1) is 8.75. The van der Waals surface area contributed by atoms with Gasteiger partial charge in [-0.15, -0.1) is 0 Å². The molecule has 1 fully saturated rings. The molecule has 0 aromatic carbocycles. The Balaban J connectivity index is 1.97. The Bertz CT molecular complexity index is 540. The summed E-state index contributed by atoms with van der Waals surface area (Å²) in [6.07, 6.45) is 6.08. The minimum atomic E-state index is 0.236. The Morgan fingerprint density at radius 2 is 2.28 bits per heavy atom. The monoisotopic (exact) mass is 242 g/mol. The highest BCUT2D eigenvalue weighted by Gasteiger charge is 2.46. The molecule has 3 rings (SSSR count). The molecule has 94 valence electrons. The van der Waals surface area contributed by atoms with Crippen molar-refractivity contribution < 1.29 is 0 Å². The molecule has 4 heteroatoms. The van der Waals surface area contributed by atoms with Gasteiger partial charge in [-0.3, -0.25) is 4.98 Å². The van der Waals surface area contributed by atoms with Gasteiger partial charge in [0, 0.05) is 35.6 Å². The van der Waals surface area contributed by atoms with Crippen LogP contribution in [0.4, 0.5) is 0 Å². The smallest absolute Gasteiger partial charge is 0.114 e. The van der Waals surface area contributed by atoms with Gasteiger partial charge in [-0.1, -0.05) is 0 Å². The number of hydrogen-bond donors (Lipinski definition) is 2. The lowest BCUT2D eigenvalue weighted by molar-refractivity contribution is 0.593. The Morgan fingerprint density at radius 1 is 1.44 bits per heavy atom. The number of H-pyrrole nitrogens is 1. The Labute approximate surface area is 107 Å². The Hall–Kier alpha value is -1.68. The molecule has 0 bridgehead atoms. The van der Waals surface area contributed by atoms with E-state index in [-0.39, 0.29) is 5.41 Å². The molecule has 1 aliphatic rings. The van der Waals surface area contributed by atoms with Crippen LogP contribution in [0.5, 0.6) is 0 Å². The normalized spacial score (nSPS) is 16.8. The molecule has 1 saturated carbocycles. The molecule has 0 unspecified atom stereocenters. The lowest BCUT2D eigenvalue weighted by atomic mass is 10.1. The first kappa shape index (κ1) is 11.4. The van der Waals surface area contributed by atoms with Crippen molar-refractivity contribution in [2.75, 3.05) is 13.6 Å². The van der Waals surface area contributed by atoms with Crippen LogP contribution in [0.15, 0.2) is 24.5 Å². The largest absolute Gasteiger partial charge is 0.345 e. The number of pyridine rings is 1. The van der Waals surface area contributed by atoms with Crippen LogP contribution in [-0.4, -0.2) is 28.5 Å². The van der Waals surface area contributed by atoms with Gasteiger partial charge in [0.1, 0.15) is 5.82 Å². The number of aromatic nitrogens is 3. The fraction of sp³-hybridized carbons (Fsp3) is 0.429. The van der Waals surface area contributed by atoms with Crippen LogP contribution >= 0.6 is 0 Å². The van der Waals surface area contributed by atoms with Crippen LogP contribution in [-0.2, 0) is 5.41 Å². The second kappa shape index (κ2) is 4.21. The van der Waals surface area contributed by atoms with Crippen molar-refractivity contribution in [2.24, 2.45) is 0 Å². The molecule has 0 amide bonds. The molecule has 2 aromatic rings. The summed E-state index contributed by atoms with van der Waals surface area (Å²) in [5.74, 6) is 1.12. The number of hydrogen-bond acceptors (Lipinski definition) is 3.